The van der Waals surface area contributed by atoms with Gasteiger partial charge in [0, 0.05) is 18.6 Å². The highest BCUT2D eigenvalue weighted by Gasteiger charge is 2.30. The summed E-state index contributed by atoms with van der Waals surface area (Å²) in [6.07, 6.45) is 1.99. The minimum atomic E-state index is -0.424. The molecule has 0 aromatic carbocycles. The van der Waals surface area contributed by atoms with E-state index in [1.807, 2.05) is 39.5 Å². The number of rotatable bonds is 2. The van der Waals surface area contributed by atoms with Crippen LogP contribution in [-0.4, -0.2) is 41.8 Å². The zero-order valence-corrected chi connectivity index (χ0v) is 11.7. The molecular weight excluding hydrogens is 216 g/mol. The van der Waals surface area contributed by atoms with Crippen LogP contribution in [0.4, 0.5) is 4.79 Å². The highest BCUT2D eigenvalue weighted by Crippen LogP contribution is 2.18. The van der Waals surface area contributed by atoms with Crippen molar-refractivity contribution in [1.29, 1.82) is 0 Å². The summed E-state index contributed by atoms with van der Waals surface area (Å²) in [4.78, 5) is 14.0. The number of nitrogens with zero attached hydrogens (tertiary/aromatic N) is 1. The summed E-state index contributed by atoms with van der Waals surface area (Å²) in [5, 5.41) is 3.34. The SMILES string of the molecule is CC(C)N(C(=O)OC(C)(C)C)[C@@H]1CCCNC1. The molecule has 0 spiro atoms. The number of hydrogen-bond donors (Lipinski definition) is 1. The summed E-state index contributed by atoms with van der Waals surface area (Å²) in [6.45, 7) is 11.7. The second-order valence-corrected chi connectivity index (χ2v) is 5.98. The molecule has 1 N–H and O–H groups in total. The molecule has 1 aliphatic rings. The molecule has 4 nitrogen and oxygen atoms in total. The van der Waals surface area contributed by atoms with Crippen molar-refractivity contribution < 1.29 is 9.53 Å². The molecule has 0 aromatic rings. The summed E-state index contributed by atoms with van der Waals surface area (Å²) in [5.41, 5.74) is -0.424. The first-order chi connectivity index (χ1) is 7.81. The molecule has 1 rings (SSSR count). The zero-order valence-electron chi connectivity index (χ0n) is 11.7. The average Bonchev–Trinajstić information content (AvgIpc) is 2.15. The van der Waals surface area contributed by atoms with Gasteiger partial charge in [0.05, 0.1) is 0 Å². The minimum Gasteiger partial charge on any atom is -0.444 e. The largest absolute Gasteiger partial charge is 0.444 e. The minimum absolute atomic E-state index is 0.176. The molecule has 0 aromatic heterocycles. The van der Waals surface area contributed by atoms with Gasteiger partial charge in [-0.2, -0.15) is 0 Å². The van der Waals surface area contributed by atoms with Crippen molar-refractivity contribution >= 4 is 6.09 Å². The highest BCUT2D eigenvalue weighted by molar-refractivity contribution is 5.69. The third-order valence-corrected chi connectivity index (χ3v) is 2.82. The number of amides is 1. The molecule has 100 valence electrons. The topological polar surface area (TPSA) is 41.6 Å². The molecular formula is C13H26N2O2. The molecule has 1 aliphatic heterocycles. The van der Waals surface area contributed by atoms with E-state index in [0.29, 0.717) is 0 Å². The quantitative estimate of drug-likeness (QED) is 0.808. The van der Waals surface area contributed by atoms with Gasteiger partial charge < -0.3 is 15.0 Å². The van der Waals surface area contributed by atoms with Crippen LogP contribution >= 0.6 is 0 Å². The van der Waals surface area contributed by atoms with Crippen LogP contribution in [0, 0.1) is 0 Å². The lowest BCUT2D eigenvalue weighted by molar-refractivity contribution is 0.00580. The van der Waals surface area contributed by atoms with Crippen molar-refractivity contribution in [2.45, 2.75) is 65.1 Å². The molecule has 0 aliphatic carbocycles. The number of carbonyl (C=O) groups is 1. The summed E-state index contributed by atoms with van der Waals surface area (Å²) in [7, 11) is 0. The second kappa shape index (κ2) is 5.71. The Kier molecular flexibility index (Phi) is 4.80. The van der Waals surface area contributed by atoms with Crippen LogP contribution < -0.4 is 5.32 Å². The monoisotopic (exact) mass is 242 g/mol. The molecule has 1 amide bonds. The fourth-order valence-corrected chi connectivity index (χ4v) is 2.17. The van der Waals surface area contributed by atoms with Crippen molar-refractivity contribution in [2.75, 3.05) is 13.1 Å². The lowest BCUT2D eigenvalue weighted by Gasteiger charge is -2.38. The maximum absolute atomic E-state index is 12.2. The lowest BCUT2D eigenvalue weighted by atomic mass is 10.0. The van der Waals surface area contributed by atoms with E-state index in [9.17, 15) is 4.79 Å². The van der Waals surface area contributed by atoms with Gasteiger partial charge in [-0.1, -0.05) is 0 Å². The van der Waals surface area contributed by atoms with Gasteiger partial charge in [-0.05, 0) is 54.0 Å². The molecule has 0 unspecified atom stereocenters. The van der Waals surface area contributed by atoms with Crippen molar-refractivity contribution in [3.63, 3.8) is 0 Å². The maximum Gasteiger partial charge on any atom is 0.410 e. The van der Waals surface area contributed by atoms with Crippen molar-refractivity contribution in [1.82, 2.24) is 10.2 Å². The first-order valence-electron chi connectivity index (χ1n) is 6.53. The fraction of sp³-hybridized carbons (Fsp3) is 0.923. The highest BCUT2D eigenvalue weighted by atomic mass is 16.6. The Balaban J connectivity index is 2.67. The molecule has 1 atom stereocenters. The number of ether oxygens (including phenoxy) is 1. The van der Waals surface area contributed by atoms with E-state index in [2.05, 4.69) is 5.32 Å². The Morgan fingerprint density at radius 3 is 2.47 bits per heavy atom. The zero-order chi connectivity index (χ0) is 13.1. The van der Waals surface area contributed by atoms with E-state index in [4.69, 9.17) is 4.74 Å². The Hall–Kier alpha value is -0.770. The van der Waals surface area contributed by atoms with E-state index >= 15 is 0 Å². The van der Waals surface area contributed by atoms with Gasteiger partial charge in [0.2, 0.25) is 0 Å². The van der Waals surface area contributed by atoms with E-state index in [0.717, 1.165) is 25.9 Å². The van der Waals surface area contributed by atoms with E-state index in [1.165, 1.54) is 0 Å². The van der Waals surface area contributed by atoms with Crippen LogP contribution in [0.25, 0.3) is 0 Å². The van der Waals surface area contributed by atoms with Gasteiger partial charge >= 0.3 is 6.09 Å². The van der Waals surface area contributed by atoms with Gasteiger partial charge in [-0.3, -0.25) is 0 Å². The first-order valence-corrected chi connectivity index (χ1v) is 6.53. The Bertz CT molecular complexity index is 253. The summed E-state index contributed by atoms with van der Waals surface area (Å²) < 4.78 is 5.47. The molecule has 1 fully saturated rings. The molecule has 0 radical (unpaired) electrons. The van der Waals surface area contributed by atoms with Crippen molar-refractivity contribution in [3.05, 3.63) is 0 Å². The molecule has 1 heterocycles. The van der Waals surface area contributed by atoms with Crippen LogP contribution in [0.3, 0.4) is 0 Å². The number of hydrogen-bond acceptors (Lipinski definition) is 3. The van der Waals surface area contributed by atoms with Crippen LogP contribution in [-0.2, 0) is 4.74 Å². The van der Waals surface area contributed by atoms with Gasteiger partial charge in [-0.25, -0.2) is 4.79 Å². The Morgan fingerprint density at radius 2 is 2.06 bits per heavy atom. The van der Waals surface area contributed by atoms with Crippen LogP contribution in [0.2, 0.25) is 0 Å². The predicted octanol–water partition coefficient (Wildman–Crippen LogP) is 2.38. The standard InChI is InChI=1S/C13H26N2O2/c1-10(2)15(11-7-6-8-14-9-11)12(16)17-13(3,4)5/h10-11,14H,6-9H2,1-5H3/t11-/m1/s1. The number of nitrogens with one attached hydrogen (secondary N) is 1. The van der Waals surface area contributed by atoms with Crippen LogP contribution in [0.1, 0.15) is 47.5 Å². The first kappa shape index (κ1) is 14.3. The number of carbonyl (C=O) groups excluding carboxylic acids is 1. The fourth-order valence-electron chi connectivity index (χ4n) is 2.17. The second-order valence-electron chi connectivity index (χ2n) is 5.98. The van der Waals surface area contributed by atoms with E-state index < -0.39 is 5.60 Å². The smallest absolute Gasteiger partial charge is 0.410 e. The van der Waals surface area contributed by atoms with Gasteiger partial charge in [0.25, 0.3) is 0 Å². The van der Waals surface area contributed by atoms with Crippen molar-refractivity contribution in [2.24, 2.45) is 0 Å². The molecule has 17 heavy (non-hydrogen) atoms. The Morgan fingerprint density at radius 1 is 1.41 bits per heavy atom. The third-order valence-electron chi connectivity index (χ3n) is 2.82. The number of piperidine rings is 1. The molecule has 4 heteroatoms. The lowest BCUT2D eigenvalue weighted by Crippen LogP contribution is -2.52. The van der Waals surface area contributed by atoms with Gasteiger partial charge in [0.15, 0.2) is 0 Å². The van der Waals surface area contributed by atoms with E-state index in [-0.39, 0.29) is 18.2 Å². The Labute approximate surface area is 105 Å². The van der Waals surface area contributed by atoms with E-state index in [1.54, 1.807) is 0 Å². The van der Waals surface area contributed by atoms with Crippen LogP contribution in [0.5, 0.6) is 0 Å². The molecule has 1 saturated heterocycles. The van der Waals surface area contributed by atoms with Gasteiger partial charge in [0.1, 0.15) is 5.60 Å². The summed E-state index contributed by atoms with van der Waals surface area (Å²) >= 11 is 0. The van der Waals surface area contributed by atoms with Crippen LogP contribution in [0.15, 0.2) is 0 Å². The van der Waals surface area contributed by atoms with Crippen molar-refractivity contribution in [3.8, 4) is 0 Å². The molecule has 0 saturated carbocycles. The maximum atomic E-state index is 12.2. The summed E-state index contributed by atoms with van der Waals surface area (Å²) in [5.74, 6) is 0. The van der Waals surface area contributed by atoms with Gasteiger partial charge in [-0.15, -0.1) is 0 Å². The third kappa shape index (κ3) is 4.54. The molecule has 0 bridgehead atoms. The predicted molar refractivity (Wildman–Crippen MR) is 69.1 cm³/mol. The average molecular weight is 242 g/mol. The normalized spacial score (nSPS) is 21.4. The summed E-state index contributed by atoms with van der Waals surface area (Å²) in [6, 6.07) is 0.438.